The first-order valence-electron chi connectivity index (χ1n) is 11.5. The molecule has 0 saturated carbocycles. The Kier molecular flexibility index (Phi) is 5.77. The molecule has 9 nitrogen and oxygen atoms in total. The van der Waals surface area contributed by atoms with E-state index in [2.05, 4.69) is 19.9 Å². The molecular weight excluding hydrogens is 452 g/mol. The van der Waals surface area contributed by atoms with Crippen LogP contribution in [-0.4, -0.2) is 66.0 Å². The van der Waals surface area contributed by atoms with Gasteiger partial charge in [-0.25, -0.2) is 15.0 Å². The van der Waals surface area contributed by atoms with Gasteiger partial charge < -0.3 is 20.3 Å². The van der Waals surface area contributed by atoms with Gasteiger partial charge in [0.15, 0.2) is 11.6 Å². The van der Waals surface area contributed by atoms with Crippen LogP contribution in [-0.2, 0) is 4.74 Å². The maximum absolute atomic E-state index is 8.83. The molecule has 10 heteroatoms. The average molecular weight is 481 g/mol. The third-order valence-electron chi connectivity index (χ3n) is 6.99. The molecular formula is C24H29ClN8O. The molecule has 0 bridgehead atoms. The monoisotopic (exact) mass is 480 g/mol. The van der Waals surface area contributed by atoms with Crippen molar-refractivity contribution >= 4 is 45.8 Å². The standard InChI is InChI=1S/C24H29ClN8O/c1-14-23(33-9-6-24(7-10-33)8-11-34-13-24)31-22(27)21(29-14)19(26)15-4-5-16-20(18(15)25)30-17(12-28-16)32(2)3/h4-5,12,26H,6-11,13H2,1-3H3,(H2,27,31). The molecule has 1 aromatic carbocycles. The number of hydrogen-bond donors (Lipinski definition) is 2. The van der Waals surface area contributed by atoms with E-state index < -0.39 is 0 Å². The van der Waals surface area contributed by atoms with Crippen molar-refractivity contribution in [3.05, 3.63) is 40.3 Å². The molecule has 0 amide bonds. The van der Waals surface area contributed by atoms with Crippen LogP contribution in [0.3, 0.4) is 0 Å². The van der Waals surface area contributed by atoms with E-state index >= 15 is 0 Å². The first-order chi connectivity index (χ1) is 16.3. The average Bonchev–Trinajstić information content (AvgIpc) is 3.28. The summed E-state index contributed by atoms with van der Waals surface area (Å²) in [4.78, 5) is 22.5. The van der Waals surface area contributed by atoms with Gasteiger partial charge in [-0.2, -0.15) is 0 Å². The predicted octanol–water partition coefficient (Wildman–Crippen LogP) is 3.45. The number of nitrogens with one attached hydrogen (secondary N) is 1. The Morgan fingerprint density at radius 2 is 1.94 bits per heavy atom. The number of aryl methyl sites for hydroxylation is 1. The fraction of sp³-hybridized carbons (Fsp3) is 0.458. The highest BCUT2D eigenvalue weighted by atomic mass is 35.5. The summed E-state index contributed by atoms with van der Waals surface area (Å²) >= 11 is 6.70. The minimum absolute atomic E-state index is 0.115. The molecule has 1 spiro atoms. The molecule has 34 heavy (non-hydrogen) atoms. The molecule has 0 aliphatic carbocycles. The molecule has 0 atom stereocenters. The van der Waals surface area contributed by atoms with E-state index in [4.69, 9.17) is 32.5 Å². The number of halogens is 1. The third-order valence-corrected chi connectivity index (χ3v) is 7.37. The van der Waals surface area contributed by atoms with Crippen molar-refractivity contribution in [1.29, 1.82) is 5.41 Å². The minimum atomic E-state index is 0.115. The molecule has 3 aromatic rings. The predicted molar refractivity (Wildman–Crippen MR) is 135 cm³/mol. The first kappa shape index (κ1) is 22.7. The molecule has 2 aliphatic rings. The summed E-state index contributed by atoms with van der Waals surface area (Å²) in [6.07, 6.45) is 4.98. The summed E-state index contributed by atoms with van der Waals surface area (Å²) in [5.41, 5.74) is 9.52. The molecule has 4 heterocycles. The van der Waals surface area contributed by atoms with E-state index in [0.29, 0.717) is 38.5 Å². The van der Waals surface area contributed by atoms with Crippen LogP contribution in [0.4, 0.5) is 17.5 Å². The van der Waals surface area contributed by atoms with Crippen LogP contribution in [0.25, 0.3) is 11.0 Å². The van der Waals surface area contributed by atoms with Crippen molar-refractivity contribution in [3.63, 3.8) is 0 Å². The number of anilines is 3. The molecule has 2 saturated heterocycles. The highest BCUT2D eigenvalue weighted by Gasteiger charge is 2.38. The fourth-order valence-corrected chi connectivity index (χ4v) is 5.11. The molecule has 2 aliphatic heterocycles. The molecule has 0 unspecified atom stereocenters. The zero-order chi connectivity index (χ0) is 24.0. The van der Waals surface area contributed by atoms with Crippen LogP contribution >= 0.6 is 11.6 Å². The molecule has 2 fully saturated rings. The molecule has 5 rings (SSSR count). The van der Waals surface area contributed by atoms with Crippen molar-refractivity contribution in [3.8, 4) is 0 Å². The maximum Gasteiger partial charge on any atom is 0.154 e. The third kappa shape index (κ3) is 3.92. The number of nitrogens with zero attached hydrogens (tertiary/aromatic N) is 6. The zero-order valence-electron chi connectivity index (χ0n) is 19.7. The van der Waals surface area contributed by atoms with Crippen LogP contribution < -0.4 is 15.5 Å². The number of ether oxygens (including phenoxy) is 1. The van der Waals surface area contributed by atoms with Crippen LogP contribution in [0.15, 0.2) is 18.3 Å². The van der Waals surface area contributed by atoms with Crippen LogP contribution in [0.5, 0.6) is 0 Å². The number of fused-ring (bicyclic) bond motifs is 1. The van der Waals surface area contributed by atoms with Gasteiger partial charge in [0.2, 0.25) is 0 Å². The summed E-state index contributed by atoms with van der Waals surface area (Å²) < 4.78 is 5.65. The Bertz CT molecular complexity index is 1260. The fourth-order valence-electron chi connectivity index (χ4n) is 4.81. The van der Waals surface area contributed by atoms with Crippen molar-refractivity contribution < 1.29 is 4.74 Å². The van der Waals surface area contributed by atoms with Gasteiger partial charge in [-0.15, -0.1) is 0 Å². The van der Waals surface area contributed by atoms with Gasteiger partial charge in [-0.05, 0) is 43.7 Å². The van der Waals surface area contributed by atoms with Crippen molar-refractivity contribution in [2.75, 3.05) is 55.9 Å². The number of nitrogens with two attached hydrogens (primary N) is 1. The Morgan fingerprint density at radius 1 is 1.18 bits per heavy atom. The Hall–Kier alpha value is -3.04. The SMILES string of the molecule is Cc1nc(C(=N)c2ccc3ncc(N(C)C)nc3c2Cl)c(N)nc1N1CCC2(CCOC2)CC1. The number of hydrogen-bond acceptors (Lipinski definition) is 9. The summed E-state index contributed by atoms with van der Waals surface area (Å²) in [5, 5.41) is 9.18. The number of nitrogen functional groups attached to an aromatic ring is 1. The van der Waals surface area contributed by atoms with Crippen molar-refractivity contribution in [1.82, 2.24) is 19.9 Å². The van der Waals surface area contributed by atoms with Crippen molar-refractivity contribution in [2.45, 2.75) is 26.2 Å². The van der Waals surface area contributed by atoms with Gasteiger partial charge in [0, 0.05) is 39.4 Å². The highest BCUT2D eigenvalue weighted by Crippen LogP contribution is 2.40. The van der Waals surface area contributed by atoms with Crippen LogP contribution in [0.1, 0.15) is 36.2 Å². The quantitative estimate of drug-likeness (QED) is 0.545. The van der Waals surface area contributed by atoms with Gasteiger partial charge in [-0.1, -0.05) is 11.6 Å². The number of rotatable bonds is 4. The number of aromatic nitrogens is 4. The summed E-state index contributed by atoms with van der Waals surface area (Å²) in [5.74, 6) is 1.69. The lowest BCUT2D eigenvalue weighted by Crippen LogP contribution is -2.41. The van der Waals surface area contributed by atoms with E-state index in [1.54, 1.807) is 18.3 Å². The second kappa shape index (κ2) is 8.63. The molecule has 2 aromatic heterocycles. The Labute approximate surface area is 203 Å². The lowest BCUT2D eigenvalue weighted by Gasteiger charge is -2.39. The second-order valence-electron chi connectivity index (χ2n) is 9.45. The van der Waals surface area contributed by atoms with E-state index in [0.717, 1.165) is 57.1 Å². The highest BCUT2D eigenvalue weighted by molar-refractivity contribution is 6.39. The summed E-state index contributed by atoms with van der Waals surface area (Å²) in [6.45, 7) is 5.44. The van der Waals surface area contributed by atoms with Crippen molar-refractivity contribution in [2.24, 2.45) is 5.41 Å². The lowest BCUT2D eigenvalue weighted by molar-refractivity contribution is 0.133. The Morgan fingerprint density at radius 3 is 2.62 bits per heavy atom. The van der Waals surface area contributed by atoms with Gasteiger partial charge >= 0.3 is 0 Å². The largest absolute Gasteiger partial charge is 0.382 e. The Balaban J connectivity index is 1.44. The topological polar surface area (TPSA) is 117 Å². The van der Waals surface area contributed by atoms with Crippen LogP contribution in [0, 0.1) is 17.7 Å². The molecule has 3 N–H and O–H groups in total. The summed E-state index contributed by atoms with van der Waals surface area (Å²) in [6, 6.07) is 3.56. The first-order valence-corrected chi connectivity index (χ1v) is 11.8. The minimum Gasteiger partial charge on any atom is -0.382 e. The maximum atomic E-state index is 8.83. The molecule has 178 valence electrons. The van der Waals surface area contributed by atoms with E-state index in [9.17, 15) is 0 Å². The second-order valence-corrected chi connectivity index (χ2v) is 9.83. The van der Waals surface area contributed by atoms with Crippen LogP contribution in [0.2, 0.25) is 5.02 Å². The van der Waals surface area contributed by atoms with Gasteiger partial charge in [0.25, 0.3) is 0 Å². The lowest BCUT2D eigenvalue weighted by atomic mass is 9.78. The number of benzene rings is 1. The van der Waals surface area contributed by atoms with E-state index in [-0.39, 0.29) is 11.5 Å². The summed E-state index contributed by atoms with van der Waals surface area (Å²) in [7, 11) is 3.78. The normalized spacial score (nSPS) is 17.5. The van der Waals surface area contributed by atoms with Gasteiger partial charge in [0.1, 0.15) is 17.0 Å². The molecule has 0 radical (unpaired) electrons. The number of piperidine rings is 1. The zero-order valence-corrected chi connectivity index (χ0v) is 20.5. The van der Waals surface area contributed by atoms with E-state index in [1.165, 1.54) is 0 Å². The smallest absolute Gasteiger partial charge is 0.154 e. The van der Waals surface area contributed by atoms with Gasteiger partial charge in [-0.3, -0.25) is 10.4 Å². The van der Waals surface area contributed by atoms with E-state index in [1.807, 2.05) is 25.9 Å². The van der Waals surface area contributed by atoms with Gasteiger partial charge in [0.05, 0.1) is 34.7 Å².